The molecule has 0 aliphatic carbocycles. The summed E-state index contributed by atoms with van der Waals surface area (Å²) >= 11 is 2.43. The van der Waals surface area contributed by atoms with E-state index in [-0.39, 0.29) is 6.61 Å². The lowest BCUT2D eigenvalue weighted by atomic mass is 10.1. The molecule has 0 atom stereocenters. The fraction of sp³-hybridized carbons (Fsp3) is 0.190. The Hall–Kier alpha value is -2.82. The maximum absolute atomic E-state index is 12.4. The van der Waals surface area contributed by atoms with Crippen LogP contribution in [0.5, 0.6) is 0 Å². The number of carbonyl (C=O) groups excluding carboxylic acids is 2. The van der Waals surface area contributed by atoms with Gasteiger partial charge in [0.15, 0.2) is 6.61 Å². The number of nitrogens with one attached hydrogen (secondary N) is 1. The van der Waals surface area contributed by atoms with E-state index < -0.39 is 11.9 Å². The maximum Gasteiger partial charge on any atom is 0.349 e. The lowest BCUT2D eigenvalue weighted by Crippen LogP contribution is -2.21. The highest BCUT2D eigenvalue weighted by Gasteiger charge is 2.18. The van der Waals surface area contributed by atoms with Crippen molar-refractivity contribution in [1.29, 1.82) is 5.26 Å². The van der Waals surface area contributed by atoms with E-state index in [9.17, 15) is 9.59 Å². The first-order chi connectivity index (χ1) is 13.4. The Morgan fingerprint density at radius 1 is 1.18 bits per heavy atom. The number of nitrogens with zero attached hydrogens (tertiary/aromatic N) is 1. The van der Waals surface area contributed by atoms with Gasteiger partial charge in [-0.25, -0.2) is 4.79 Å². The molecule has 0 saturated heterocycles. The van der Waals surface area contributed by atoms with Gasteiger partial charge in [0.05, 0.1) is 0 Å². The van der Waals surface area contributed by atoms with Crippen molar-refractivity contribution in [3.8, 4) is 5.40 Å². The maximum atomic E-state index is 12.4. The van der Waals surface area contributed by atoms with E-state index in [1.165, 1.54) is 11.3 Å². The molecule has 0 saturated carbocycles. The summed E-state index contributed by atoms with van der Waals surface area (Å²) in [6.07, 6.45) is 0. The molecule has 2 aromatic carbocycles. The van der Waals surface area contributed by atoms with E-state index in [1.807, 2.05) is 62.6 Å². The van der Waals surface area contributed by atoms with Crippen LogP contribution < -0.4 is 5.32 Å². The number of fused-ring (bicyclic) bond motifs is 1. The molecule has 1 amide bonds. The van der Waals surface area contributed by atoms with Crippen molar-refractivity contribution in [1.82, 2.24) is 0 Å². The summed E-state index contributed by atoms with van der Waals surface area (Å²) in [7, 11) is 0. The normalized spacial score (nSPS) is 10.5. The lowest BCUT2D eigenvalue weighted by molar-refractivity contribution is -0.119. The molecule has 0 aliphatic rings. The van der Waals surface area contributed by atoms with Crippen molar-refractivity contribution < 1.29 is 14.3 Å². The Kier molecular flexibility index (Phi) is 6.02. The molecule has 7 heteroatoms. The van der Waals surface area contributed by atoms with Gasteiger partial charge in [-0.3, -0.25) is 4.79 Å². The van der Waals surface area contributed by atoms with Crippen LogP contribution in [0.2, 0.25) is 0 Å². The van der Waals surface area contributed by atoms with Crippen LogP contribution in [-0.4, -0.2) is 18.5 Å². The van der Waals surface area contributed by atoms with Crippen LogP contribution in [0.1, 0.15) is 26.4 Å². The molecule has 0 fully saturated rings. The predicted molar refractivity (Wildman–Crippen MR) is 113 cm³/mol. The average Bonchev–Trinajstić information content (AvgIpc) is 3.00. The molecule has 5 nitrogen and oxygen atoms in total. The molecule has 1 aromatic heterocycles. The van der Waals surface area contributed by atoms with E-state index in [0.29, 0.717) is 10.6 Å². The van der Waals surface area contributed by atoms with Gasteiger partial charge in [-0.1, -0.05) is 18.2 Å². The number of nitriles is 1. The topological polar surface area (TPSA) is 79.2 Å². The van der Waals surface area contributed by atoms with E-state index in [1.54, 1.807) is 0 Å². The average molecular weight is 411 g/mol. The monoisotopic (exact) mass is 410 g/mol. The third-order valence-corrected chi connectivity index (χ3v) is 6.11. The Balaban J connectivity index is 1.66. The SMILES string of the molecule is Cc1cc(SC#N)cc(C)c1NC(=O)COC(=O)c1sc2ccccc2c1C. The van der Waals surface area contributed by atoms with Gasteiger partial charge in [0.2, 0.25) is 0 Å². The zero-order chi connectivity index (χ0) is 20.3. The summed E-state index contributed by atoms with van der Waals surface area (Å²) in [6, 6.07) is 11.4. The van der Waals surface area contributed by atoms with Crippen LogP contribution in [0, 0.1) is 31.4 Å². The number of amides is 1. The molecular formula is C21H18N2O3S2. The first-order valence-corrected chi connectivity index (χ1v) is 10.2. The van der Waals surface area contributed by atoms with Crippen molar-refractivity contribution in [3.63, 3.8) is 0 Å². The summed E-state index contributed by atoms with van der Waals surface area (Å²) in [5.74, 6) is -0.901. The van der Waals surface area contributed by atoms with E-state index in [0.717, 1.165) is 43.4 Å². The van der Waals surface area contributed by atoms with Gasteiger partial charge >= 0.3 is 5.97 Å². The molecule has 3 rings (SSSR count). The Bertz CT molecular complexity index is 1090. The first-order valence-electron chi connectivity index (χ1n) is 8.53. The Labute approximate surface area is 171 Å². The highest BCUT2D eigenvalue weighted by atomic mass is 32.2. The number of thioether (sulfide) groups is 1. The minimum absolute atomic E-state index is 0.361. The number of hydrogen-bond acceptors (Lipinski definition) is 6. The van der Waals surface area contributed by atoms with Crippen molar-refractivity contribution in [2.24, 2.45) is 0 Å². The lowest BCUT2D eigenvalue weighted by Gasteiger charge is -2.13. The van der Waals surface area contributed by atoms with Crippen molar-refractivity contribution in [2.45, 2.75) is 25.7 Å². The Morgan fingerprint density at radius 2 is 1.86 bits per heavy atom. The van der Waals surface area contributed by atoms with Crippen LogP contribution in [0.15, 0.2) is 41.3 Å². The van der Waals surface area contributed by atoms with E-state index >= 15 is 0 Å². The molecule has 3 aromatic rings. The number of rotatable bonds is 5. The second-order valence-corrected chi connectivity index (χ2v) is 8.21. The molecule has 0 aliphatic heterocycles. The number of anilines is 1. The minimum Gasteiger partial charge on any atom is -0.451 e. The summed E-state index contributed by atoms with van der Waals surface area (Å²) in [5, 5.41) is 14.6. The van der Waals surface area contributed by atoms with Gasteiger partial charge in [0.25, 0.3) is 5.91 Å². The van der Waals surface area contributed by atoms with Gasteiger partial charge in [0, 0.05) is 15.3 Å². The number of benzene rings is 2. The summed E-state index contributed by atoms with van der Waals surface area (Å²) in [6.45, 7) is 5.23. The van der Waals surface area contributed by atoms with Crippen molar-refractivity contribution >= 4 is 50.7 Å². The Morgan fingerprint density at radius 3 is 2.50 bits per heavy atom. The van der Waals surface area contributed by atoms with E-state index in [2.05, 4.69) is 5.32 Å². The zero-order valence-corrected chi connectivity index (χ0v) is 17.3. The van der Waals surface area contributed by atoms with Crippen molar-refractivity contribution in [3.05, 3.63) is 58.0 Å². The molecule has 1 heterocycles. The van der Waals surface area contributed by atoms with Gasteiger partial charge in [-0.05, 0) is 72.8 Å². The number of aryl methyl sites for hydroxylation is 3. The molecular weight excluding hydrogens is 392 g/mol. The number of hydrogen-bond donors (Lipinski definition) is 1. The molecule has 0 bridgehead atoms. The molecule has 0 spiro atoms. The first kappa shape index (κ1) is 19.9. The minimum atomic E-state index is -0.497. The standard InChI is InChI=1S/C21H18N2O3S2/c1-12-8-15(27-11-22)9-13(2)19(12)23-18(24)10-26-21(25)20-14(3)16-6-4-5-7-17(16)28-20/h4-9H,10H2,1-3H3,(H,23,24). The molecule has 0 unspecified atom stereocenters. The number of ether oxygens (including phenoxy) is 1. The smallest absolute Gasteiger partial charge is 0.349 e. The number of thiocyanates is 1. The predicted octanol–water partition coefficient (Wildman–Crippen LogP) is 5.20. The van der Waals surface area contributed by atoms with E-state index in [4.69, 9.17) is 10.00 Å². The third-order valence-electron chi connectivity index (χ3n) is 4.30. The summed E-state index contributed by atoms with van der Waals surface area (Å²) in [4.78, 5) is 26.0. The second kappa shape index (κ2) is 8.46. The van der Waals surface area contributed by atoms with Gasteiger partial charge in [-0.15, -0.1) is 11.3 Å². The zero-order valence-electron chi connectivity index (χ0n) is 15.7. The summed E-state index contributed by atoms with van der Waals surface area (Å²) < 4.78 is 6.24. The molecule has 28 heavy (non-hydrogen) atoms. The van der Waals surface area contributed by atoms with Gasteiger partial charge in [0.1, 0.15) is 10.3 Å². The largest absolute Gasteiger partial charge is 0.451 e. The fourth-order valence-corrected chi connectivity index (χ4v) is 4.65. The van der Waals surface area contributed by atoms with Crippen LogP contribution in [0.4, 0.5) is 5.69 Å². The number of esters is 1. The van der Waals surface area contributed by atoms with Gasteiger partial charge in [-0.2, -0.15) is 5.26 Å². The second-order valence-electron chi connectivity index (χ2n) is 6.30. The molecule has 1 N–H and O–H groups in total. The van der Waals surface area contributed by atoms with Crippen LogP contribution in [0.3, 0.4) is 0 Å². The van der Waals surface area contributed by atoms with Crippen LogP contribution >= 0.6 is 23.1 Å². The highest BCUT2D eigenvalue weighted by Crippen LogP contribution is 2.31. The van der Waals surface area contributed by atoms with Gasteiger partial charge < -0.3 is 10.1 Å². The third kappa shape index (κ3) is 4.19. The van der Waals surface area contributed by atoms with Crippen molar-refractivity contribution in [2.75, 3.05) is 11.9 Å². The summed E-state index contributed by atoms with van der Waals surface area (Å²) in [5.41, 5.74) is 3.22. The molecule has 0 radical (unpaired) electrons. The quantitative estimate of drug-likeness (QED) is 0.355. The molecule has 142 valence electrons. The number of carbonyl (C=O) groups is 2. The fourth-order valence-electron chi connectivity index (χ4n) is 2.97. The van der Waals surface area contributed by atoms with Crippen LogP contribution in [-0.2, 0) is 9.53 Å². The number of thiophene rings is 1. The highest BCUT2D eigenvalue weighted by molar-refractivity contribution is 8.03. The van der Waals surface area contributed by atoms with Crippen LogP contribution in [0.25, 0.3) is 10.1 Å².